The van der Waals surface area contributed by atoms with E-state index in [2.05, 4.69) is 15.4 Å². The number of nitrogens with one attached hydrogen (secondary N) is 1. The quantitative estimate of drug-likeness (QED) is 0.787. The summed E-state index contributed by atoms with van der Waals surface area (Å²) in [4.78, 5) is 4.22. The van der Waals surface area contributed by atoms with E-state index in [1.165, 1.54) is 12.1 Å². The van der Waals surface area contributed by atoms with Gasteiger partial charge in [0.15, 0.2) is 5.65 Å². The molecule has 0 saturated carbocycles. The Kier molecular flexibility index (Phi) is 2.83. The van der Waals surface area contributed by atoms with Crippen LogP contribution < -0.4 is 5.32 Å². The highest BCUT2D eigenvalue weighted by atomic mass is 19.1. The number of pyridine rings is 1. The van der Waals surface area contributed by atoms with E-state index < -0.39 is 11.6 Å². The summed E-state index contributed by atoms with van der Waals surface area (Å²) in [6.07, 6.45) is 1.77. The first-order chi connectivity index (χ1) is 9.22. The van der Waals surface area contributed by atoms with E-state index in [0.29, 0.717) is 17.2 Å². The van der Waals surface area contributed by atoms with Crippen LogP contribution in [0.1, 0.15) is 5.56 Å². The van der Waals surface area contributed by atoms with E-state index in [0.717, 1.165) is 6.07 Å². The maximum absolute atomic E-state index is 13.4. The van der Waals surface area contributed by atoms with Crippen LogP contribution in [0, 0.1) is 11.6 Å². The van der Waals surface area contributed by atoms with Gasteiger partial charge in [-0.1, -0.05) is 12.1 Å². The van der Waals surface area contributed by atoms with Crippen molar-refractivity contribution in [2.24, 2.45) is 0 Å². The molecule has 2 aromatic heterocycles. The van der Waals surface area contributed by atoms with Crippen molar-refractivity contribution in [2.75, 3.05) is 5.32 Å². The van der Waals surface area contributed by atoms with Crippen LogP contribution in [0.25, 0.3) is 5.65 Å². The highest BCUT2D eigenvalue weighted by molar-refractivity contribution is 5.43. The minimum atomic E-state index is -0.591. The third kappa shape index (κ3) is 2.37. The number of halogens is 2. The fourth-order valence-corrected chi connectivity index (χ4v) is 1.75. The van der Waals surface area contributed by atoms with Crippen molar-refractivity contribution in [3.8, 4) is 0 Å². The second-order valence-electron chi connectivity index (χ2n) is 4.03. The highest BCUT2D eigenvalue weighted by Crippen LogP contribution is 2.11. The molecule has 0 unspecified atom stereocenters. The van der Waals surface area contributed by atoms with Gasteiger partial charge in [-0.15, -0.1) is 5.10 Å². The van der Waals surface area contributed by atoms with Gasteiger partial charge in [-0.2, -0.15) is 4.98 Å². The molecule has 4 nitrogen and oxygen atoms in total. The molecule has 2 heterocycles. The maximum Gasteiger partial charge on any atom is 0.243 e. The molecule has 0 aliphatic rings. The molecule has 96 valence electrons. The number of benzene rings is 1. The second-order valence-corrected chi connectivity index (χ2v) is 4.03. The highest BCUT2D eigenvalue weighted by Gasteiger charge is 2.06. The van der Waals surface area contributed by atoms with Crippen LogP contribution >= 0.6 is 0 Å². The molecule has 3 aromatic rings. The van der Waals surface area contributed by atoms with Gasteiger partial charge in [-0.05, 0) is 18.2 Å². The molecule has 0 saturated heterocycles. The average Bonchev–Trinajstić information content (AvgIpc) is 2.80. The lowest BCUT2D eigenvalue weighted by molar-refractivity contribution is 0.574. The number of anilines is 1. The molecule has 0 amide bonds. The fourth-order valence-electron chi connectivity index (χ4n) is 1.75. The molecule has 0 bridgehead atoms. The molecule has 0 radical (unpaired) electrons. The van der Waals surface area contributed by atoms with Crippen LogP contribution in [0.2, 0.25) is 0 Å². The predicted octanol–water partition coefficient (Wildman–Crippen LogP) is 2.62. The Morgan fingerprint density at radius 2 is 2.05 bits per heavy atom. The first-order valence-corrected chi connectivity index (χ1v) is 5.71. The van der Waals surface area contributed by atoms with Crippen molar-refractivity contribution in [1.82, 2.24) is 14.6 Å². The zero-order chi connectivity index (χ0) is 13.2. The monoisotopic (exact) mass is 260 g/mol. The molecule has 0 spiro atoms. The van der Waals surface area contributed by atoms with Crippen molar-refractivity contribution in [2.45, 2.75) is 6.54 Å². The van der Waals surface area contributed by atoms with Gasteiger partial charge in [0.1, 0.15) is 11.6 Å². The lowest BCUT2D eigenvalue weighted by atomic mass is 10.2. The number of aromatic nitrogens is 3. The maximum atomic E-state index is 13.4. The molecule has 6 heteroatoms. The lowest BCUT2D eigenvalue weighted by Gasteiger charge is -2.03. The summed E-state index contributed by atoms with van der Waals surface area (Å²) in [5.74, 6) is -0.779. The Morgan fingerprint density at radius 3 is 2.84 bits per heavy atom. The zero-order valence-electron chi connectivity index (χ0n) is 9.85. The number of nitrogens with zero attached hydrogens (tertiary/aromatic N) is 3. The standard InChI is InChI=1S/C13H10F2N4/c14-10-5-4-9(11(15)7-10)8-16-13-17-12-3-1-2-6-19(12)18-13/h1-7H,8H2,(H,16,18). The first kappa shape index (κ1) is 11.6. The van der Waals surface area contributed by atoms with Gasteiger partial charge in [-0.25, -0.2) is 13.3 Å². The van der Waals surface area contributed by atoms with Crippen molar-refractivity contribution < 1.29 is 8.78 Å². The van der Waals surface area contributed by atoms with Gasteiger partial charge in [0.25, 0.3) is 0 Å². The van der Waals surface area contributed by atoms with Gasteiger partial charge in [0.2, 0.25) is 5.95 Å². The third-order valence-electron chi connectivity index (χ3n) is 2.69. The Labute approximate surface area is 107 Å². The summed E-state index contributed by atoms with van der Waals surface area (Å²) < 4.78 is 27.8. The predicted molar refractivity (Wildman–Crippen MR) is 66.7 cm³/mol. The molecule has 1 N–H and O–H groups in total. The molecule has 0 aliphatic carbocycles. The van der Waals surface area contributed by atoms with Gasteiger partial charge in [0.05, 0.1) is 0 Å². The van der Waals surface area contributed by atoms with Crippen LogP contribution in [0.5, 0.6) is 0 Å². The molecule has 0 aliphatic heterocycles. The van der Waals surface area contributed by atoms with Crippen LogP contribution in [-0.4, -0.2) is 14.6 Å². The summed E-state index contributed by atoms with van der Waals surface area (Å²) in [6, 6.07) is 8.98. The van der Waals surface area contributed by atoms with Crippen LogP contribution in [0.3, 0.4) is 0 Å². The molecule has 1 aromatic carbocycles. The lowest BCUT2D eigenvalue weighted by Crippen LogP contribution is -2.03. The molecule has 0 atom stereocenters. The molecular formula is C13H10F2N4. The molecular weight excluding hydrogens is 250 g/mol. The van der Waals surface area contributed by atoms with Gasteiger partial charge in [0, 0.05) is 24.4 Å². The second kappa shape index (κ2) is 4.64. The number of rotatable bonds is 3. The van der Waals surface area contributed by atoms with E-state index in [4.69, 9.17) is 0 Å². The minimum absolute atomic E-state index is 0.197. The van der Waals surface area contributed by atoms with E-state index in [9.17, 15) is 8.78 Å². The third-order valence-corrected chi connectivity index (χ3v) is 2.69. The molecule has 19 heavy (non-hydrogen) atoms. The van der Waals surface area contributed by atoms with Crippen LogP contribution in [0.4, 0.5) is 14.7 Å². The topological polar surface area (TPSA) is 42.2 Å². The van der Waals surface area contributed by atoms with Crippen LogP contribution in [0.15, 0.2) is 42.6 Å². The smallest absolute Gasteiger partial charge is 0.243 e. The van der Waals surface area contributed by atoms with Crippen molar-refractivity contribution in [1.29, 1.82) is 0 Å². The van der Waals surface area contributed by atoms with E-state index in [-0.39, 0.29) is 6.54 Å². The van der Waals surface area contributed by atoms with Crippen molar-refractivity contribution >= 4 is 11.6 Å². The minimum Gasteiger partial charge on any atom is -0.349 e. The first-order valence-electron chi connectivity index (χ1n) is 5.71. The van der Waals surface area contributed by atoms with E-state index in [1.54, 1.807) is 10.7 Å². The van der Waals surface area contributed by atoms with Gasteiger partial charge >= 0.3 is 0 Å². The Morgan fingerprint density at radius 1 is 1.16 bits per heavy atom. The summed E-state index contributed by atoms with van der Waals surface area (Å²) in [5.41, 5.74) is 1.06. The Bertz CT molecular complexity index is 690. The number of hydrogen-bond donors (Lipinski definition) is 1. The van der Waals surface area contributed by atoms with Crippen LogP contribution in [-0.2, 0) is 6.54 Å². The van der Waals surface area contributed by atoms with Crippen molar-refractivity contribution in [3.05, 3.63) is 59.8 Å². The normalized spacial score (nSPS) is 10.8. The Balaban J connectivity index is 1.78. The number of hydrogen-bond acceptors (Lipinski definition) is 3. The van der Waals surface area contributed by atoms with Crippen molar-refractivity contribution in [3.63, 3.8) is 0 Å². The fraction of sp³-hybridized carbons (Fsp3) is 0.0769. The molecule has 3 rings (SSSR count). The SMILES string of the molecule is Fc1ccc(CNc2nc3ccccn3n2)c(F)c1. The average molecular weight is 260 g/mol. The molecule has 0 fully saturated rings. The van der Waals surface area contributed by atoms with Gasteiger partial charge in [-0.3, -0.25) is 0 Å². The van der Waals surface area contributed by atoms with E-state index in [1.807, 2.05) is 18.2 Å². The van der Waals surface area contributed by atoms with E-state index >= 15 is 0 Å². The zero-order valence-corrected chi connectivity index (χ0v) is 9.85. The summed E-state index contributed by atoms with van der Waals surface area (Å²) in [6.45, 7) is 0.197. The summed E-state index contributed by atoms with van der Waals surface area (Å²) >= 11 is 0. The largest absolute Gasteiger partial charge is 0.349 e. The van der Waals surface area contributed by atoms with Gasteiger partial charge < -0.3 is 5.32 Å². The summed E-state index contributed by atoms with van der Waals surface area (Å²) in [7, 11) is 0. The summed E-state index contributed by atoms with van der Waals surface area (Å²) in [5, 5.41) is 7.08. The Hall–Kier alpha value is -2.50. The number of fused-ring (bicyclic) bond motifs is 1.